The molecular weight excluding hydrogens is 144 g/mol. The fourth-order valence-electron chi connectivity index (χ4n) is 3.26. The summed E-state index contributed by atoms with van der Waals surface area (Å²) in [5, 5.41) is 0. The summed E-state index contributed by atoms with van der Waals surface area (Å²) in [7, 11) is 0. The summed E-state index contributed by atoms with van der Waals surface area (Å²) in [4.78, 5) is 0. The van der Waals surface area contributed by atoms with Crippen molar-refractivity contribution in [1.29, 1.82) is 0 Å². The average Bonchev–Trinajstić information content (AvgIpc) is 2.82. The molecular formula is C12H22. The van der Waals surface area contributed by atoms with Crippen LogP contribution >= 0.6 is 0 Å². The van der Waals surface area contributed by atoms with E-state index in [1.54, 1.807) is 12.8 Å². The first-order valence-electron chi connectivity index (χ1n) is 5.76. The molecule has 0 aromatic heterocycles. The normalized spacial score (nSPS) is 45.5. The number of fused-ring (bicyclic) bond motifs is 1. The van der Waals surface area contributed by atoms with Crippen LogP contribution in [0.4, 0.5) is 0 Å². The summed E-state index contributed by atoms with van der Waals surface area (Å²) >= 11 is 0. The van der Waals surface area contributed by atoms with E-state index in [0.29, 0.717) is 0 Å². The maximum absolute atomic E-state index is 2.55. The van der Waals surface area contributed by atoms with Crippen LogP contribution in [0.5, 0.6) is 0 Å². The van der Waals surface area contributed by atoms with Gasteiger partial charge in [0, 0.05) is 0 Å². The highest BCUT2D eigenvalue weighted by Gasteiger charge is 2.51. The molecule has 0 saturated heterocycles. The topological polar surface area (TPSA) is 0 Å². The predicted octanol–water partition coefficient (Wildman–Crippen LogP) is 4.00. The van der Waals surface area contributed by atoms with Crippen LogP contribution in [0.25, 0.3) is 0 Å². The zero-order valence-corrected chi connectivity index (χ0v) is 8.60. The minimum absolute atomic E-state index is 0.763. The number of hydrogen-bond donors (Lipinski definition) is 0. The SMILES string of the molecule is CCCCC1(C)CCC[C@H]2C[C@@H]21. The van der Waals surface area contributed by atoms with Crippen LogP contribution in [0.1, 0.15) is 58.8 Å². The molecule has 2 fully saturated rings. The lowest BCUT2D eigenvalue weighted by Gasteiger charge is -2.33. The fraction of sp³-hybridized carbons (Fsp3) is 1.00. The summed E-state index contributed by atoms with van der Waals surface area (Å²) in [5.41, 5.74) is 0.763. The standard InChI is InChI=1S/C12H22/c1-3-4-7-12(2)8-5-6-10-9-11(10)12/h10-11H,3-9H2,1-2H3/t10-,11-,12?/m0/s1. The molecule has 0 radical (unpaired) electrons. The van der Waals surface area contributed by atoms with Crippen LogP contribution in [0, 0.1) is 17.3 Å². The first-order valence-corrected chi connectivity index (χ1v) is 5.76. The Morgan fingerprint density at radius 1 is 1.42 bits per heavy atom. The van der Waals surface area contributed by atoms with E-state index in [-0.39, 0.29) is 0 Å². The third-order valence-corrected chi connectivity index (χ3v) is 4.24. The van der Waals surface area contributed by atoms with Crippen LogP contribution in [-0.2, 0) is 0 Å². The summed E-state index contributed by atoms with van der Waals surface area (Å²) in [6.07, 6.45) is 10.5. The van der Waals surface area contributed by atoms with Gasteiger partial charge >= 0.3 is 0 Å². The Hall–Kier alpha value is 0. The molecule has 0 N–H and O–H groups in total. The molecule has 0 heterocycles. The lowest BCUT2D eigenvalue weighted by atomic mass is 9.72. The highest BCUT2D eigenvalue weighted by molar-refractivity contribution is 5.01. The van der Waals surface area contributed by atoms with Gasteiger partial charge in [-0.1, -0.05) is 39.5 Å². The Morgan fingerprint density at radius 3 is 3.00 bits per heavy atom. The Labute approximate surface area is 76.7 Å². The third-order valence-electron chi connectivity index (χ3n) is 4.24. The van der Waals surface area contributed by atoms with Crippen molar-refractivity contribution < 1.29 is 0 Å². The molecule has 0 bridgehead atoms. The van der Waals surface area contributed by atoms with Crippen molar-refractivity contribution in [2.75, 3.05) is 0 Å². The maximum Gasteiger partial charge on any atom is -0.0295 e. The van der Waals surface area contributed by atoms with Gasteiger partial charge in [-0.25, -0.2) is 0 Å². The molecule has 2 rings (SSSR count). The van der Waals surface area contributed by atoms with Crippen molar-refractivity contribution in [3.63, 3.8) is 0 Å². The summed E-state index contributed by atoms with van der Waals surface area (Å²) in [5.74, 6) is 2.29. The lowest BCUT2D eigenvalue weighted by Crippen LogP contribution is -2.23. The summed E-state index contributed by atoms with van der Waals surface area (Å²) in [6.45, 7) is 4.86. The van der Waals surface area contributed by atoms with Gasteiger partial charge in [-0.05, 0) is 36.5 Å². The zero-order chi connectivity index (χ0) is 8.60. The van der Waals surface area contributed by atoms with Gasteiger partial charge in [-0.2, -0.15) is 0 Å². The number of rotatable bonds is 3. The smallest absolute Gasteiger partial charge is 0.0295 e. The molecule has 0 aromatic rings. The van der Waals surface area contributed by atoms with E-state index in [1.165, 1.54) is 32.1 Å². The molecule has 2 aliphatic carbocycles. The molecule has 3 atom stereocenters. The van der Waals surface area contributed by atoms with Crippen molar-refractivity contribution >= 4 is 0 Å². The van der Waals surface area contributed by atoms with Crippen molar-refractivity contribution in [3.05, 3.63) is 0 Å². The molecule has 0 aromatic carbocycles. The van der Waals surface area contributed by atoms with Gasteiger partial charge in [0.05, 0.1) is 0 Å². The van der Waals surface area contributed by atoms with Crippen LogP contribution < -0.4 is 0 Å². The molecule has 2 aliphatic rings. The van der Waals surface area contributed by atoms with Gasteiger partial charge in [-0.3, -0.25) is 0 Å². The fourth-order valence-corrected chi connectivity index (χ4v) is 3.26. The molecule has 2 saturated carbocycles. The number of unbranched alkanes of at least 4 members (excludes halogenated alkanes) is 1. The molecule has 0 aliphatic heterocycles. The quantitative estimate of drug-likeness (QED) is 0.594. The lowest BCUT2D eigenvalue weighted by molar-refractivity contribution is 0.172. The Balaban J connectivity index is 1.90. The summed E-state index contributed by atoms with van der Waals surface area (Å²) < 4.78 is 0. The van der Waals surface area contributed by atoms with E-state index in [4.69, 9.17) is 0 Å². The Bertz CT molecular complexity index is 161. The van der Waals surface area contributed by atoms with E-state index < -0.39 is 0 Å². The molecule has 0 spiro atoms. The molecule has 0 heteroatoms. The van der Waals surface area contributed by atoms with Crippen molar-refractivity contribution in [1.82, 2.24) is 0 Å². The second-order valence-electron chi connectivity index (χ2n) is 5.25. The highest BCUT2D eigenvalue weighted by Crippen LogP contribution is 2.60. The van der Waals surface area contributed by atoms with E-state index in [0.717, 1.165) is 17.3 Å². The second kappa shape index (κ2) is 3.05. The van der Waals surface area contributed by atoms with Gasteiger partial charge < -0.3 is 0 Å². The van der Waals surface area contributed by atoms with E-state index >= 15 is 0 Å². The average molecular weight is 166 g/mol. The molecule has 70 valence electrons. The second-order valence-corrected chi connectivity index (χ2v) is 5.25. The van der Waals surface area contributed by atoms with Crippen molar-refractivity contribution in [3.8, 4) is 0 Å². The minimum Gasteiger partial charge on any atom is -0.0654 e. The first-order chi connectivity index (χ1) is 5.76. The van der Waals surface area contributed by atoms with Gasteiger partial charge in [0.25, 0.3) is 0 Å². The molecule has 1 unspecified atom stereocenters. The van der Waals surface area contributed by atoms with Crippen LogP contribution in [0.3, 0.4) is 0 Å². The first kappa shape index (κ1) is 8.59. The summed E-state index contributed by atoms with van der Waals surface area (Å²) in [6, 6.07) is 0. The molecule has 12 heavy (non-hydrogen) atoms. The molecule has 0 nitrogen and oxygen atoms in total. The van der Waals surface area contributed by atoms with Crippen LogP contribution in [-0.4, -0.2) is 0 Å². The van der Waals surface area contributed by atoms with Gasteiger partial charge in [-0.15, -0.1) is 0 Å². The van der Waals surface area contributed by atoms with E-state index in [9.17, 15) is 0 Å². The maximum atomic E-state index is 2.55. The van der Waals surface area contributed by atoms with Crippen LogP contribution in [0.2, 0.25) is 0 Å². The predicted molar refractivity (Wildman–Crippen MR) is 53.1 cm³/mol. The van der Waals surface area contributed by atoms with Crippen LogP contribution in [0.15, 0.2) is 0 Å². The Kier molecular flexibility index (Phi) is 2.18. The monoisotopic (exact) mass is 166 g/mol. The van der Waals surface area contributed by atoms with Gasteiger partial charge in [0.2, 0.25) is 0 Å². The van der Waals surface area contributed by atoms with Gasteiger partial charge in [0.15, 0.2) is 0 Å². The molecule has 0 amide bonds. The number of hydrogen-bond acceptors (Lipinski definition) is 0. The third kappa shape index (κ3) is 1.41. The highest BCUT2D eigenvalue weighted by atomic mass is 14.6. The zero-order valence-electron chi connectivity index (χ0n) is 8.60. The minimum atomic E-state index is 0.763. The van der Waals surface area contributed by atoms with E-state index in [2.05, 4.69) is 13.8 Å². The largest absolute Gasteiger partial charge is 0.0654 e. The van der Waals surface area contributed by atoms with Crippen molar-refractivity contribution in [2.45, 2.75) is 58.8 Å². The van der Waals surface area contributed by atoms with E-state index in [1.807, 2.05) is 0 Å². The Morgan fingerprint density at radius 2 is 2.25 bits per heavy atom. The van der Waals surface area contributed by atoms with Gasteiger partial charge in [0.1, 0.15) is 0 Å². The van der Waals surface area contributed by atoms with Crippen molar-refractivity contribution in [2.24, 2.45) is 17.3 Å².